The van der Waals surface area contributed by atoms with Crippen LogP contribution in [0.1, 0.15) is 0 Å². The average Bonchev–Trinajstić information content (AvgIpc) is 3.74. The second-order valence-corrected chi connectivity index (χ2v) is 12.3. The molecule has 4 heteroatoms. The minimum atomic E-state index is 0.654. The van der Waals surface area contributed by atoms with Gasteiger partial charge in [-0.25, -0.2) is 9.97 Å². The SMILES string of the molecule is c1ccc(-n2ccc3ccc4c5ccccc5n(-c5nc(-c6ccc(-c7ccc8ccccc8c7)cc6)c6ccccc6n5)c4c32)cc1. The van der Waals surface area contributed by atoms with Crippen molar-refractivity contribution in [2.45, 2.75) is 0 Å². The van der Waals surface area contributed by atoms with E-state index in [1.165, 1.54) is 38.1 Å². The third-order valence-electron chi connectivity index (χ3n) is 9.55. The van der Waals surface area contributed by atoms with Crippen molar-refractivity contribution in [3.63, 3.8) is 0 Å². The van der Waals surface area contributed by atoms with Gasteiger partial charge in [0.2, 0.25) is 5.95 Å². The summed E-state index contributed by atoms with van der Waals surface area (Å²) in [6, 6.07) is 58.0. The molecule has 48 heavy (non-hydrogen) atoms. The van der Waals surface area contributed by atoms with Crippen molar-refractivity contribution >= 4 is 54.4 Å². The van der Waals surface area contributed by atoms with E-state index in [9.17, 15) is 0 Å². The van der Waals surface area contributed by atoms with Crippen LogP contribution in [-0.2, 0) is 0 Å². The molecule has 4 nitrogen and oxygen atoms in total. The number of rotatable bonds is 4. The second-order valence-electron chi connectivity index (χ2n) is 12.3. The fraction of sp³-hybridized carbons (Fsp3) is 0. The van der Waals surface area contributed by atoms with Gasteiger partial charge >= 0.3 is 0 Å². The Kier molecular flexibility index (Phi) is 5.84. The van der Waals surface area contributed by atoms with Gasteiger partial charge in [-0.3, -0.25) is 4.57 Å². The third-order valence-corrected chi connectivity index (χ3v) is 9.55. The molecular weight excluding hydrogens is 585 g/mol. The van der Waals surface area contributed by atoms with Gasteiger partial charge in [-0.05, 0) is 58.3 Å². The number of hydrogen-bond acceptors (Lipinski definition) is 2. The molecule has 3 heterocycles. The Morgan fingerprint density at radius 1 is 0.417 bits per heavy atom. The van der Waals surface area contributed by atoms with Gasteiger partial charge in [0.15, 0.2) is 0 Å². The van der Waals surface area contributed by atoms with E-state index >= 15 is 0 Å². The second kappa shape index (κ2) is 10.5. The fourth-order valence-electron chi connectivity index (χ4n) is 7.26. The maximum absolute atomic E-state index is 5.39. The third kappa shape index (κ3) is 4.10. The zero-order valence-corrected chi connectivity index (χ0v) is 26.0. The molecule has 0 aliphatic carbocycles. The first-order chi connectivity index (χ1) is 23.8. The predicted octanol–water partition coefficient (Wildman–Crippen LogP) is 11.2. The van der Waals surface area contributed by atoms with E-state index in [1.54, 1.807) is 0 Å². The molecule has 0 bridgehead atoms. The highest BCUT2D eigenvalue weighted by Gasteiger charge is 2.21. The maximum Gasteiger partial charge on any atom is 0.235 e. The van der Waals surface area contributed by atoms with E-state index in [2.05, 4.69) is 179 Å². The van der Waals surface area contributed by atoms with E-state index in [4.69, 9.17) is 9.97 Å². The molecule has 0 radical (unpaired) electrons. The van der Waals surface area contributed by atoms with Crippen LogP contribution in [0.3, 0.4) is 0 Å². The number of fused-ring (bicyclic) bond motifs is 7. The lowest BCUT2D eigenvalue weighted by molar-refractivity contribution is 1.01. The predicted molar refractivity (Wildman–Crippen MR) is 199 cm³/mol. The first-order valence-electron chi connectivity index (χ1n) is 16.3. The van der Waals surface area contributed by atoms with Gasteiger partial charge in [0.05, 0.1) is 27.8 Å². The summed E-state index contributed by atoms with van der Waals surface area (Å²) in [5.41, 5.74) is 9.67. The zero-order chi connectivity index (χ0) is 31.6. The number of para-hydroxylation sites is 3. The molecule has 0 amide bonds. The summed E-state index contributed by atoms with van der Waals surface area (Å²) in [6.07, 6.45) is 2.16. The molecule has 7 aromatic carbocycles. The van der Waals surface area contributed by atoms with Gasteiger partial charge in [-0.15, -0.1) is 0 Å². The molecule has 0 fully saturated rings. The summed E-state index contributed by atoms with van der Waals surface area (Å²) in [4.78, 5) is 10.6. The van der Waals surface area contributed by atoms with Gasteiger partial charge in [0.1, 0.15) is 0 Å². The summed E-state index contributed by atoms with van der Waals surface area (Å²) >= 11 is 0. The van der Waals surface area contributed by atoms with Crippen molar-refractivity contribution in [2.24, 2.45) is 0 Å². The van der Waals surface area contributed by atoms with Crippen molar-refractivity contribution in [1.29, 1.82) is 0 Å². The molecule has 10 aromatic rings. The largest absolute Gasteiger partial charge is 0.315 e. The summed E-state index contributed by atoms with van der Waals surface area (Å²) < 4.78 is 4.53. The Morgan fingerprint density at radius 3 is 1.98 bits per heavy atom. The molecule has 0 spiro atoms. The Hall–Kier alpha value is -6.52. The van der Waals surface area contributed by atoms with Crippen molar-refractivity contribution in [1.82, 2.24) is 19.1 Å². The Balaban J connectivity index is 1.21. The molecule has 0 atom stereocenters. The van der Waals surface area contributed by atoms with Crippen LogP contribution in [0.4, 0.5) is 0 Å². The normalized spacial score (nSPS) is 11.8. The molecule has 0 unspecified atom stereocenters. The standard InChI is InChI=1S/C44H28N4/c1-2-12-35(13-3-1)47-27-26-32-24-25-37-36-14-7-9-17-40(36)48(43(37)42(32)47)44-45-39-16-8-6-15-38(39)41(46-44)31-21-18-30(19-22-31)34-23-20-29-10-4-5-11-33(29)28-34/h1-28H. The van der Waals surface area contributed by atoms with Gasteiger partial charge in [-0.1, -0.05) is 127 Å². The molecule has 0 N–H and O–H groups in total. The van der Waals surface area contributed by atoms with E-state index in [-0.39, 0.29) is 0 Å². The number of aromatic nitrogens is 4. The topological polar surface area (TPSA) is 35.6 Å². The Morgan fingerprint density at radius 2 is 1.10 bits per heavy atom. The molecule has 0 saturated carbocycles. The number of hydrogen-bond donors (Lipinski definition) is 0. The smallest absolute Gasteiger partial charge is 0.235 e. The fourth-order valence-corrected chi connectivity index (χ4v) is 7.26. The number of benzene rings is 7. The van der Waals surface area contributed by atoms with E-state index in [0.29, 0.717) is 5.95 Å². The molecule has 3 aromatic heterocycles. The number of nitrogens with zero attached hydrogens (tertiary/aromatic N) is 4. The summed E-state index contributed by atoms with van der Waals surface area (Å²) in [7, 11) is 0. The lowest BCUT2D eigenvalue weighted by Crippen LogP contribution is -2.04. The van der Waals surface area contributed by atoms with Crippen molar-refractivity contribution < 1.29 is 0 Å². The van der Waals surface area contributed by atoms with Crippen LogP contribution in [0.2, 0.25) is 0 Å². The minimum absolute atomic E-state index is 0.654. The van der Waals surface area contributed by atoms with Crippen LogP contribution >= 0.6 is 0 Å². The van der Waals surface area contributed by atoms with Crippen molar-refractivity contribution in [2.75, 3.05) is 0 Å². The van der Waals surface area contributed by atoms with Gasteiger partial charge in [0.25, 0.3) is 0 Å². The van der Waals surface area contributed by atoms with Crippen LogP contribution in [0.5, 0.6) is 0 Å². The molecule has 10 rings (SSSR count). The lowest BCUT2D eigenvalue weighted by atomic mass is 9.99. The minimum Gasteiger partial charge on any atom is -0.315 e. The van der Waals surface area contributed by atoms with Crippen LogP contribution in [0.25, 0.3) is 88.4 Å². The highest BCUT2D eigenvalue weighted by atomic mass is 15.2. The van der Waals surface area contributed by atoms with Gasteiger partial charge in [-0.2, -0.15) is 0 Å². The van der Waals surface area contributed by atoms with Gasteiger partial charge in [0, 0.05) is 39.0 Å². The molecule has 0 aliphatic rings. The summed E-state index contributed by atoms with van der Waals surface area (Å²) in [5, 5.41) is 7.03. The van der Waals surface area contributed by atoms with E-state index in [0.717, 1.165) is 44.4 Å². The summed E-state index contributed by atoms with van der Waals surface area (Å²) in [6.45, 7) is 0. The maximum atomic E-state index is 5.39. The van der Waals surface area contributed by atoms with Crippen LogP contribution in [0, 0.1) is 0 Å². The molecule has 224 valence electrons. The Labute approximate surface area is 276 Å². The van der Waals surface area contributed by atoms with E-state index < -0.39 is 0 Å². The monoisotopic (exact) mass is 612 g/mol. The lowest BCUT2D eigenvalue weighted by Gasteiger charge is -2.13. The Bertz CT molecular complexity index is 2820. The summed E-state index contributed by atoms with van der Waals surface area (Å²) in [5.74, 6) is 0.654. The molecule has 0 saturated heterocycles. The van der Waals surface area contributed by atoms with Crippen molar-refractivity contribution in [3.05, 3.63) is 170 Å². The highest BCUT2D eigenvalue weighted by Crippen LogP contribution is 2.38. The van der Waals surface area contributed by atoms with E-state index in [1.807, 2.05) is 0 Å². The molecule has 0 aliphatic heterocycles. The highest BCUT2D eigenvalue weighted by molar-refractivity contribution is 6.18. The zero-order valence-electron chi connectivity index (χ0n) is 26.0. The van der Waals surface area contributed by atoms with Crippen LogP contribution in [0.15, 0.2) is 170 Å². The van der Waals surface area contributed by atoms with Crippen molar-refractivity contribution in [3.8, 4) is 34.0 Å². The van der Waals surface area contributed by atoms with Gasteiger partial charge < -0.3 is 4.57 Å². The first-order valence-corrected chi connectivity index (χ1v) is 16.3. The average molecular weight is 613 g/mol. The first kappa shape index (κ1) is 26.7. The van der Waals surface area contributed by atoms with Crippen LogP contribution < -0.4 is 0 Å². The van der Waals surface area contributed by atoms with Crippen LogP contribution in [-0.4, -0.2) is 19.1 Å². The quantitative estimate of drug-likeness (QED) is 0.198. The molecular formula is C44H28N4.